The minimum atomic E-state index is -0.399. The van der Waals surface area contributed by atoms with Gasteiger partial charge in [-0.25, -0.2) is 4.79 Å². The molecule has 1 aromatic heterocycles. The van der Waals surface area contributed by atoms with E-state index in [0.717, 1.165) is 0 Å². The van der Waals surface area contributed by atoms with Crippen molar-refractivity contribution in [3.63, 3.8) is 0 Å². The summed E-state index contributed by atoms with van der Waals surface area (Å²) in [6, 6.07) is 1.68. The number of hydrogen-bond acceptors (Lipinski definition) is 5. The summed E-state index contributed by atoms with van der Waals surface area (Å²) < 4.78 is 22.1. The maximum Gasteiger partial charge on any atom is 0.487 e. The van der Waals surface area contributed by atoms with Gasteiger partial charge in [0.05, 0.1) is 23.9 Å². The predicted octanol–water partition coefficient (Wildman–Crippen LogP) is 3.71. The van der Waals surface area contributed by atoms with Crippen molar-refractivity contribution in [2.75, 3.05) is 7.11 Å². The summed E-state index contributed by atoms with van der Waals surface area (Å²) in [7, 11) is 1.16. The van der Waals surface area contributed by atoms with Crippen molar-refractivity contribution < 1.29 is 18.5 Å². The van der Waals surface area contributed by atoms with E-state index in [0.29, 0.717) is 17.1 Å². The molecule has 2 heterocycles. The zero-order valence-electron chi connectivity index (χ0n) is 15.7. The van der Waals surface area contributed by atoms with Crippen molar-refractivity contribution in [1.82, 2.24) is 0 Å². The van der Waals surface area contributed by atoms with E-state index in [1.54, 1.807) is 25.1 Å². The van der Waals surface area contributed by atoms with E-state index in [1.165, 1.54) is 7.11 Å². The SMILES string of the molecule is COc1cc(/C=C/C=C/C=C/B2OC(C)(C)C(C)(C)O2)oc(=O)c1C. The van der Waals surface area contributed by atoms with Crippen molar-refractivity contribution in [2.45, 2.75) is 45.8 Å². The first-order valence-corrected chi connectivity index (χ1v) is 8.22. The Morgan fingerprint density at radius 1 is 1.04 bits per heavy atom. The van der Waals surface area contributed by atoms with Crippen LogP contribution >= 0.6 is 0 Å². The minimum absolute atomic E-state index is 0.340. The average Bonchev–Trinajstić information content (AvgIpc) is 2.73. The quantitative estimate of drug-likeness (QED) is 0.602. The van der Waals surface area contributed by atoms with Crippen LogP contribution in [0.2, 0.25) is 0 Å². The van der Waals surface area contributed by atoms with Gasteiger partial charge in [-0.1, -0.05) is 30.3 Å². The topological polar surface area (TPSA) is 57.9 Å². The highest BCUT2D eigenvalue weighted by Crippen LogP contribution is 2.36. The molecule has 1 saturated heterocycles. The minimum Gasteiger partial charge on any atom is -0.496 e. The first kappa shape index (κ1) is 19.3. The molecule has 25 heavy (non-hydrogen) atoms. The smallest absolute Gasteiger partial charge is 0.487 e. The molecule has 0 aromatic carbocycles. The Morgan fingerprint density at radius 3 is 2.24 bits per heavy atom. The Bertz CT molecular complexity index is 740. The first-order chi connectivity index (χ1) is 11.7. The standard InChI is InChI=1S/C19H25BO5/c1-14-16(22-6)13-15(23-17(14)21)11-9-7-8-10-12-20-24-18(2,3)19(4,5)25-20/h7-13H,1-6H3/b8-7+,11-9+,12-10+. The molecular formula is C19H25BO5. The molecule has 1 aromatic rings. The summed E-state index contributed by atoms with van der Waals surface area (Å²) in [4.78, 5) is 11.7. The molecule has 1 fully saturated rings. The van der Waals surface area contributed by atoms with Crippen molar-refractivity contribution in [2.24, 2.45) is 0 Å². The van der Waals surface area contributed by atoms with E-state index in [2.05, 4.69) is 0 Å². The lowest BCUT2D eigenvalue weighted by Gasteiger charge is -2.32. The molecule has 6 heteroatoms. The zero-order chi connectivity index (χ0) is 18.7. The lowest BCUT2D eigenvalue weighted by atomic mass is 9.90. The second kappa shape index (κ2) is 7.46. The van der Waals surface area contributed by atoms with Crippen LogP contribution in [-0.4, -0.2) is 25.4 Å². The van der Waals surface area contributed by atoms with Crippen LogP contribution in [0.4, 0.5) is 0 Å². The third kappa shape index (κ3) is 4.52. The molecule has 0 aliphatic carbocycles. The van der Waals surface area contributed by atoms with Crippen LogP contribution in [0.5, 0.6) is 5.75 Å². The van der Waals surface area contributed by atoms with E-state index < -0.39 is 5.63 Å². The number of hydrogen-bond donors (Lipinski definition) is 0. The van der Waals surface area contributed by atoms with Crippen LogP contribution in [0.3, 0.4) is 0 Å². The Balaban J connectivity index is 1.95. The molecule has 1 aliphatic heterocycles. The van der Waals surface area contributed by atoms with E-state index in [1.807, 2.05) is 51.9 Å². The highest BCUT2D eigenvalue weighted by molar-refractivity contribution is 6.51. The van der Waals surface area contributed by atoms with Crippen LogP contribution in [0.15, 0.2) is 45.6 Å². The van der Waals surface area contributed by atoms with Gasteiger partial charge >= 0.3 is 12.7 Å². The molecule has 0 radical (unpaired) electrons. The normalized spacial score (nSPS) is 19.5. The van der Waals surface area contributed by atoms with E-state index in [9.17, 15) is 4.79 Å². The molecule has 0 bridgehead atoms. The maximum absolute atomic E-state index is 11.7. The van der Waals surface area contributed by atoms with Gasteiger partial charge in [-0.2, -0.15) is 0 Å². The molecular weight excluding hydrogens is 319 g/mol. The molecule has 0 unspecified atom stereocenters. The fraction of sp³-hybridized carbons (Fsp3) is 0.421. The van der Waals surface area contributed by atoms with Crippen molar-refractivity contribution in [3.8, 4) is 5.75 Å². The highest BCUT2D eigenvalue weighted by Gasteiger charge is 2.49. The van der Waals surface area contributed by atoms with Crippen molar-refractivity contribution >= 4 is 13.2 Å². The monoisotopic (exact) mass is 344 g/mol. The largest absolute Gasteiger partial charge is 0.496 e. The molecule has 0 spiro atoms. The maximum atomic E-state index is 11.7. The molecule has 0 atom stereocenters. The average molecular weight is 344 g/mol. The fourth-order valence-electron chi connectivity index (χ4n) is 2.25. The number of rotatable bonds is 5. The van der Waals surface area contributed by atoms with E-state index >= 15 is 0 Å². The van der Waals surface area contributed by atoms with Crippen molar-refractivity contribution in [1.29, 1.82) is 0 Å². The third-order valence-electron chi connectivity index (χ3n) is 4.51. The van der Waals surface area contributed by atoms with Crippen molar-refractivity contribution in [3.05, 3.63) is 58.1 Å². The summed E-state index contributed by atoms with van der Waals surface area (Å²) in [5.41, 5.74) is -0.620. The predicted molar refractivity (Wildman–Crippen MR) is 99.7 cm³/mol. The van der Waals surface area contributed by atoms with Crippen LogP contribution in [-0.2, 0) is 9.31 Å². The molecule has 1 aliphatic rings. The summed E-state index contributed by atoms with van der Waals surface area (Å²) in [5.74, 6) is 2.81. The van der Waals surface area contributed by atoms with Crippen LogP contribution in [0.25, 0.3) is 6.08 Å². The Morgan fingerprint density at radius 2 is 1.64 bits per heavy atom. The van der Waals surface area contributed by atoms with Gasteiger partial charge in [-0.3, -0.25) is 0 Å². The second-order valence-corrected chi connectivity index (χ2v) is 6.88. The summed E-state index contributed by atoms with van der Waals surface area (Å²) in [6.45, 7) is 9.73. The summed E-state index contributed by atoms with van der Waals surface area (Å²) in [6.07, 6.45) is 9.02. The lowest BCUT2D eigenvalue weighted by molar-refractivity contribution is 0.00578. The van der Waals surface area contributed by atoms with Gasteiger partial charge in [0, 0.05) is 6.07 Å². The van der Waals surface area contributed by atoms with Crippen LogP contribution in [0, 0.1) is 6.92 Å². The van der Waals surface area contributed by atoms with Crippen LogP contribution < -0.4 is 10.4 Å². The highest BCUT2D eigenvalue weighted by atomic mass is 16.7. The van der Waals surface area contributed by atoms with E-state index in [-0.39, 0.29) is 18.3 Å². The van der Waals surface area contributed by atoms with Gasteiger partial charge in [-0.15, -0.1) is 0 Å². The fourth-order valence-corrected chi connectivity index (χ4v) is 2.25. The Labute approximate surface area is 149 Å². The van der Waals surface area contributed by atoms with Gasteiger partial charge in [0.1, 0.15) is 11.5 Å². The molecule has 0 N–H and O–H groups in total. The van der Waals surface area contributed by atoms with E-state index in [4.69, 9.17) is 18.5 Å². The molecule has 0 saturated carbocycles. The van der Waals surface area contributed by atoms with Gasteiger partial charge in [0.25, 0.3) is 0 Å². The van der Waals surface area contributed by atoms with Gasteiger partial charge < -0.3 is 18.5 Å². The molecule has 2 rings (SSSR count). The number of ether oxygens (including phenoxy) is 1. The van der Waals surface area contributed by atoms with Gasteiger partial charge in [0.15, 0.2) is 0 Å². The molecule has 5 nitrogen and oxygen atoms in total. The first-order valence-electron chi connectivity index (χ1n) is 8.22. The second-order valence-electron chi connectivity index (χ2n) is 6.88. The zero-order valence-corrected chi connectivity index (χ0v) is 15.7. The third-order valence-corrected chi connectivity index (χ3v) is 4.51. The van der Waals surface area contributed by atoms with Crippen LogP contribution in [0.1, 0.15) is 39.0 Å². The Hall–Kier alpha value is -2.05. The number of methoxy groups -OCH3 is 1. The summed E-state index contributed by atoms with van der Waals surface area (Å²) in [5, 5.41) is 0. The summed E-state index contributed by atoms with van der Waals surface area (Å²) >= 11 is 0. The Kier molecular flexibility index (Phi) is 5.75. The van der Waals surface area contributed by atoms with Gasteiger partial charge in [0.2, 0.25) is 0 Å². The molecule has 134 valence electrons. The molecule has 0 amide bonds. The number of allylic oxidation sites excluding steroid dienone is 4. The lowest BCUT2D eigenvalue weighted by Crippen LogP contribution is -2.41. The van der Waals surface area contributed by atoms with Gasteiger partial charge in [-0.05, 0) is 40.7 Å².